The van der Waals surface area contributed by atoms with Gasteiger partial charge in [0.1, 0.15) is 0 Å². The second kappa shape index (κ2) is 10.9. The summed E-state index contributed by atoms with van der Waals surface area (Å²) in [4.78, 5) is 29.4. The zero-order valence-corrected chi connectivity index (χ0v) is 22.7. The van der Waals surface area contributed by atoms with Crippen LogP contribution in [0.1, 0.15) is 45.7 Å². The summed E-state index contributed by atoms with van der Waals surface area (Å²) in [6.07, 6.45) is 7.68. The fourth-order valence-corrected chi connectivity index (χ4v) is 5.34. The fourth-order valence-electron chi connectivity index (χ4n) is 5.34. The second-order valence-corrected chi connectivity index (χ2v) is 9.96. The molecule has 0 unspecified atom stereocenters. The Morgan fingerprint density at radius 1 is 1.13 bits per heavy atom. The van der Waals surface area contributed by atoms with Crippen LogP contribution in [-0.4, -0.2) is 45.7 Å². The van der Waals surface area contributed by atoms with Gasteiger partial charge < -0.3 is 20.9 Å². The smallest absolute Gasteiger partial charge is 0.256 e. The van der Waals surface area contributed by atoms with Crippen LogP contribution < -0.4 is 16.0 Å². The van der Waals surface area contributed by atoms with Crippen LogP contribution in [0, 0.1) is 13.8 Å². The minimum Gasteiger partial charge on any atom is -0.358 e. The monoisotopic (exact) mass is 542 g/mol. The largest absolute Gasteiger partial charge is 0.358 e. The number of piperidine rings is 1. The number of benzene rings is 2. The molecule has 2 aliphatic rings. The molecule has 2 aromatic carbocycles. The standard InChI is InChI=1S/C30H30N6O2.ClH/c1-18-27(33-19(2)28(18)30(38)34-22-7-6-12-31-16-22)14-25-24-13-20(10-11-26(24)35-29(25)37)21-15-32-36(17-21)23-8-4-3-5-9-23;/h3-5,8-11,13-15,17,22,31,33H,6-7,12,16H2,1-2H3,(H,34,38)(H,35,37);1H/b25-14-;/t22-;/m0./s1. The van der Waals surface area contributed by atoms with Crippen LogP contribution in [0.2, 0.25) is 0 Å². The molecule has 2 amide bonds. The third-order valence-corrected chi connectivity index (χ3v) is 7.36. The van der Waals surface area contributed by atoms with Crippen molar-refractivity contribution < 1.29 is 9.59 Å². The van der Waals surface area contributed by atoms with Crippen molar-refractivity contribution in [1.82, 2.24) is 25.4 Å². The van der Waals surface area contributed by atoms with Crippen LogP contribution in [0.3, 0.4) is 0 Å². The summed E-state index contributed by atoms with van der Waals surface area (Å²) in [5.41, 5.74) is 8.08. The summed E-state index contributed by atoms with van der Waals surface area (Å²) in [5.74, 6) is -0.244. The Bertz CT molecular complexity index is 1560. The number of fused-ring (bicyclic) bond motifs is 1. The fraction of sp³-hybridized carbons (Fsp3) is 0.233. The molecule has 39 heavy (non-hydrogen) atoms. The number of para-hydroxylation sites is 1. The van der Waals surface area contributed by atoms with E-state index in [0.29, 0.717) is 11.1 Å². The Kier molecular flexibility index (Phi) is 7.41. The molecule has 0 aliphatic carbocycles. The Morgan fingerprint density at radius 3 is 2.72 bits per heavy atom. The number of carbonyl (C=O) groups is 2. The molecule has 4 heterocycles. The van der Waals surface area contributed by atoms with Crippen molar-refractivity contribution in [3.8, 4) is 16.8 Å². The third kappa shape index (κ3) is 5.13. The van der Waals surface area contributed by atoms with Crippen LogP contribution in [0.25, 0.3) is 28.5 Å². The molecule has 0 saturated carbocycles. The third-order valence-electron chi connectivity index (χ3n) is 7.36. The summed E-state index contributed by atoms with van der Waals surface area (Å²) in [5, 5.41) is 14.0. The highest BCUT2D eigenvalue weighted by Gasteiger charge is 2.27. The zero-order chi connectivity index (χ0) is 26.2. The lowest BCUT2D eigenvalue weighted by Gasteiger charge is -2.23. The number of aromatic amines is 1. The number of hydrogen-bond acceptors (Lipinski definition) is 4. The molecule has 0 bridgehead atoms. The summed E-state index contributed by atoms with van der Waals surface area (Å²) in [6, 6.07) is 16.0. The van der Waals surface area contributed by atoms with E-state index in [-0.39, 0.29) is 30.3 Å². The van der Waals surface area contributed by atoms with E-state index in [1.54, 1.807) is 0 Å². The number of rotatable bonds is 5. The first kappa shape index (κ1) is 26.5. The normalized spacial score (nSPS) is 17.4. The molecule has 1 fully saturated rings. The SMILES string of the molecule is Cc1[nH]c(/C=C2\C(=O)Nc3ccc(-c4cnn(-c5ccccc5)c4)cc32)c(C)c1C(=O)N[C@H]1CCCNC1.Cl. The van der Waals surface area contributed by atoms with Crippen molar-refractivity contribution in [1.29, 1.82) is 0 Å². The zero-order valence-electron chi connectivity index (χ0n) is 21.9. The lowest BCUT2D eigenvalue weighted by atomic mass is 9.99. The maximum absolute atomic E-state index is 13.1. The van der Waals surface area contributed by atoms with E-state index in [4.69, 9.17) is 0 Å². The van der Waals surface area contributed by atoms with E-state index < -0.39 is 0 Å². The van der Waals surface area contributed by atoms with Crippen molar-refractivity contribution in [2.75, 3.05) is 18.4 Å². The van der Waals surface area contributed by atoms with Crippen molar-refractivity contribution in [3.05, 3.63) is 89.0 Å². The molecule has 2 aliphatic heterocycles. The Balaban J connectivity index is 0.00000308. The van der Waals surface area contributed by atoms with Crippen LogP contribution in [-0.2, 0) is 4.79 Å². The first-order chi connectivity index (χ1) is 18.5. The Hall–Kier alpha value is -4.14. The van der Waals surface area contributed by atoms with Gasteiger partial charge in [0.25, 0.3) is 11.8 Å². The minimum absolute atomic E-state index is 0. The highest BCUT2D eigenvalue weighted by atomic mass is 35.5. The van der Waals surface area contributed by atoms with E-state index in [9.17, 15) is 9.59 Å². The quantitative estimate of drug-likeness (QED) is 0.270. The van der Waals surface area contributed by atoms with Gasteiger partial charge in [-0.05, 0) is 74.7 Å². The first-order valence-electron chi connectivity index (χ1n) is 13.0. The maximum atomic E-state index is 13.1. The summed E-state index contributed by atoms with van der Waals surface area (Å²) in [7, 11) is 0. The van der Waals surface area contributed by atoms with Crippen molar-refractivity contribution in [3.63, 3.8) is 0 Å². The van der Waals surface area contributed by atoms with Gasteiger partial charge in [0.05, 0.1) is 23.0 Å². The number of aromatic nitrogens is 3. The van der Waals surface area contributed by atoms with Gasteiger partial charge in [-0.2, -0.15) is 5.10 Å². The molecule has 4 aromatic rings. The van der Waals surface area contributed by atoms with Gasteiger partial charge >= 0.3 is 0 Å². The molecular formula is C30H31ClN6O2. The Morgan fingerprint density at radius 2 is 1.95 bits per heavy atom. The number of hydrogen-bond donors (Lipinski definition) is 4. The van der Waals surface area contributed by atoms with Crippen molar-refractivity contribution in [2.24, 2.45) is 0 Å². The molecule has 9 heteroatoms. The number of anilines is 1. The Labute approximate surface area is 233 Å². The predicted octanol–water partition coefficient (Wildman–Crippen LogP) is 4.88. The van der Waals surface area contributed by atoms with Gasteiger partial charge in [-0.25, -0.2) is 4.68 Å². The van der Waals surface area contributed by atoms with Crippen LogP contribution in [0.4, 0.5) is 5.69 Å². The van der Waals surface area contributed by atoms with Crippen LogP contribution in [0.15, 0.2) is 60.9 Å². The van der Waals surface area contributed by atoms with Crippen LogP contribution >= 0.6 is 12.4 Å². The van der Waals surface area contributed by atoms with Gasteiger partial charge in [0, 0.05) is 47.0 Å². The van der Waals surface area contributed by atoms with Gasteiger partial charge in [-0.15, -0.1) is 12.4 Å². The molecule has 0 radical (unpaired) electrons. The molecule has 200 valence electrons. The van der Waals surface area contributed by atoms with Crippen molar-refractivity contribution in [2.45, 2.75) is 32.7 Å². The van der Waals surface area contributed by atoms with Gasteiger partial charge in [-0.3, -0.25) is 9.59 Å². The minimum atomic E-state index is -0.164. The van der Waals surface area contributed by atoms with E-state index in [1.807, 2.05) is 85.5 Å². The maximum Gasteiger partial charge on any atom is 0.256 e. The van der Waals surface area contributed by atoms with Crippen LogP contribution in [0.5, 0.6) is 0 Å². The van der Waals surface area contributed by atoms with E-state index in [2.05, 4.69) is 26.0 Å². The first-order valence-corrected chi connectivity index (χ1v) is 13.0. The molecule has 0 spiro atoms. The molecule has 4 N–H and O–H groups in total. The average molecular weight is 543 g/mol. The van der Waals surface area contributed by atoms with Gasteiger partial charge in [0.2, 0.25) is 0 Å². The number of halogens is 1. The summed E-state index contributed by atoms with van der Waals surface area (Å²) < 4.78 is 1.84. The van der Waals surface area contributed by atoms with Gasteiger partial charge in [0.15, 0.2) is 0 Å². The number of nitrogens with one attached hydrogen (secondary N) is 4. The topological polar surface area (TPSA) is 104 Å². The molecule has 8 nitrogen and oxygen atoms in total. The average Bonchev–Trinajstić information content (AvgIpc) is 3.61. The number of nitrogens with zero attached hydrogens (tertiary/aromatic N) is 2. The second-order valence-electron chi connectivity index (χ2n) is 9.96. The van der Waals surface area contributed by atoms with Gasteiger partial charge in [-0.1, -0.05) is 24.3 Å². The van der Waals surface area contributed by atoms with E-state index in [0.717, 1.165) is 70.9 Å². The summed E-state index contributed by atoms with van der Waals surface area (Å²) in [6.45, 7) is 5.60. The predicted molar refractivity (Wildman–Crippen MR) is 156 cm³/mol. The van der Waals surface area contributed by atoms with Crippen molar-refractivity contribution >= 4 is 41.6 Å². The number of aryl methyl sites for hydroxylation is 1. The summed E-state index contributed by atoms with van der Waals surface area (Å²) >= 11 is 0. The molecule has 1 saturated heterocycles. The number of H-pyrrole nitrogens is 1. The van der Waals surface area contributed by atoms with E-state index in [1.165, 1.54) is 0 Å². The lowest BCUT2D eigenvalue weighted by Crippen LogP contribution is -2.45. The molecular weight excluding hydrogens is 512 g/mol. The molecule has 2 aromatic heterocycles. The molecule has 1 atom stereocenters. The number of carbonyl (C=O) groups excluding carboxylic acids is 2. The highest BCUT2D eigenvalue weighted by Crippen LogP contribution is 2.37. The van der Waals surface area contributed by atoms with E-state index >= 15 is 0 Å². The number of amides is 2. The lowest BCUT2D eigenvalue weighted by molar-refractivity contribution is -0.110. The molecule has 6 rings (SSSR count). The highest BCUT2D eigenvalue weighted by molar-refractivity contribution is 6.35.